The highest BCUT2D eigenvalue weighted by molar-refractivity contribution is 7.92. The number of halogens is 1. The van der Waals surface area contributed by atoms with Gasteiger partial charge in [0.15, 0.2) is 0 Å². The minimum Gasteiger partial charge on any atom is -0.350 e. The number of benzene rings is 3. The Morgan fingerprint density at radius 3 is 2.02 bits per heavy atom. The monoisotopic (exact) mass is 581 g/mol. The van der Waals surface area contributed by atoms with E-state index in [9.17, 15) is 22.4 Å². The molecule has 0 bridgehead atoms. The van der Waals surface area contributed by atoms with Gasteiger partial charge < -0.3 is 10.2 Å². The fourth-order valence-corrected chi connectivity index (χ4v) is 5.31. The molecule has 7 nitrogen and oxygen atoms in total. The zero-order valence-electron chi connectivity index (χ0n) is 24.6. The SMILES string of the molecule is CC(C)c1ccc(N(CC(=O)N(Cc2ccccc2F)C(Cc2ccccc2)C(=O)NC(C)(C)C)S(C)(=O)=O)cc1. The molecule has 3 aromatic rings. The van der Waals surface area contributed by atoms with E-state index in [2.05, 4.69) is 5.32 Å². The Bertz CT molecular complexity index is 1440. The van der Waals surface area contributed by atoms with E-state index in [1.54, 1.807) is 30.3 Å². The smallest absolute Gasteiger partial charge is 0.244 e. The minimum absolute atomic E-state index is 0.158. The summed E-state index contributed by atoms with van der Waals surface area (Å²) in [6.45, 7) is 8.79. The molecule has 41 heavy (non-hydrogen) atoms. The Hall–Kier alpha value is -3.72. The predicted octanol–water partition coefficient (Wildman–Crippen LogP) is 5.27. The summed E-state index contributed by atoms with van der Waals surface area (Å²) in [5.74, 6) is -1.33. The largest absolute Gasteiger partial charge is 0.350 e. The molecule has 0 heterocycles. The van der Waals surface area contributed by atoms with Crippen molar-refractivity contribution in [2.45, 2.75) is 65.1 Å². The van der Waals surface area contributed by atoms with Crippen molar-refractivity contribution < 1.29 is 22.4 Å². The van der Waals surface area contributed by atoms with E-state index in [0.29, 0.717) is 5.69 Å². The molecule has 0 fully saturated rings. The Morgan fingerprint density at radius 2 is 1.49 bits per heavy atom. The van der Waals surface area contributed by atoms with Crippen LogP contribution in [0.2, 0.25) is 0 Å². The van der Waals surface area contributed by atoms with Crippen LogP contribution in [0.4, 0.5) is 10.1 Å². The highest BCUT2D eigenvalue weighted by Gasteiger charge is 2.34. The Morgan fingerprint density at radius 1 is 0.902 bits per heavy atom. The second kappa shape index (κ2) is 13.3. The summed E-state index contributed by atoms with van der Waals surface area (Å²) in [7, 11) is -3.88. The van der Waals surface area contributed by atoms with E-state index < -0.39 is 45.8 Å². The van der Waals surface area contributed by atoms with E-state index in [1.165, 1.54) is 11.0 Å². The molecule has 0 saturated heterocycles. The molecule has 0 radical (unpaired) electrons. The molecule has 3 aromatic carbocycles. The number of sulfonamides is 1. The minimum atomic E-state index is -3.88. The van der Waals surface area contributed by atoms with Crippen molar-refractivity contribution in [2.75, 3.05) is 17.1 Å². The number of anilines is 1. The standard InChI is InChI=1S/C32H40FN3O4S/c1-23(2)25-16-18-27(19-17-25)36(41(6,39)40)22-30(37)35(21-26-14-10-11-15-28(26)33)29(31(38)34-32(3,4)5)20-24-12-8-7-9-13-24/h7-19,23,29H,20-22H2,1-6H3,(H,34,38). The summed E-state index contributed by atoms with van der Waals surface area (Å²) in [6, 6.07) is 21.2. The first-order chi connectivity index (χ1) is 19.2. The van der Waals surface area contributed by atoms with Crippen LogP contribution in [-0.4, -0.2) is 49.5 Å². The Kier molecular flexibility index (Phi) is 10.3. The van der Waals surface area contributed by atoms with Gasteiger partial charge in [-0.2, -0.15) is 0 Å². The van der Waals surface area contributed by atoms with Crippen LogP contribution in [0, 0.1) is 5.82 Å². The van der Waals surface area contributed by atoms with E-state index in [-0.39, 0.29) is 24.4 Å². The Labute approximate surface area is 243 Å². The normalized spacial score (nSPS) is 12.6. The molecule has 0 aromatic heterocycles. The first-order valence-electron chi connectivity index (χ1n) is 13.6. The van der Waals surface area contributed by atoms with Gasteiger partial charge in [0, 0.05) is 24.1 Å². The quantitative estimate of drug-likeness (QED) is 0.334. The summed E-state index contributed by atoms with van der Waals surface area (Å²) in [5.41, 5.74) is 1.77. The van der Waals surface area contributed by atoms with Crippen LogP contribution in [0.15, 0.2) is 78.9 Å². The van der Waals surface area contributed by atoms with Gasteiger partial charge in [-0.05, 0) is 56.0 Å². The molecule has 2 amide bonds. The van der Waals surface area contributed by atoms with Crippen LogP contribution in [0.3, 0.4) is 0 Å². The van der Waals surface area contributed by atoms with E-state index in [0.717, 1.165) is 21.7 Å². The third-order valence-electron chi connectivity index (χ3n) is 6.59. The zero-order valence-corrected chi connectivity index (χ0v) is 25.4. The van der Waals surface area contributed by atoms with Gasteiger partial charge in [0.25, 0.3) is 0 Å². The molecule has 3 rings (SSSR count). The van der Waals surface area contributed by atoms with Crippen molar-refractivity contribution in [3.05, 3.63) is 101 Å². The van der Waals surface area contributed by atoms with Gasteiger partial charge in [-0.3, -0.25) is 13.9 Å². The molecule has 0 aliphatic rings. The zero-order chi connectivity index (χ0) is 30.4. The first kappa shape index (κ1) is 31.8. The first-order valence-corrected chi connectivity index (χ1v) is 15.5. The summed E-state index contributed by atoms with van der Waals surface area (Å²) < 4.78 is 41.7. The van der Waals surface area contributed by atoms with Crippen LogP contribution < -0.4 is 9.62 Å². The lowest BCUT2D eigenvalue weighted by Crippen LogP contribution is -2.56. The van der Waals surface area contributed by atoms with Gasteiger partial charge in [-0.25, -0.2) is 12.8 Å². The van der Waals surface area contributed by atoms with Crippen molar-refractivity contribution in [3.63, 3.8) is 0 Å². The molecular weight excluding hydrogens is 541 g/mol. The molecule has 220 valence electrons. The average molecular weight is 582 g/mol. The number of rotatable bonds is 11. The van der Waals surface area contributed by atoms with Gasteiger partial charge >= 0.3 is 0 Å². The summed E-state index contributed by atoms with van der Waals surface area (Å²) in [5, 5.41) is 2.95. The molecular formula is C32H40FN3O4S. The fraction of sp³-hybridized carbons (Fsp3) is 0.375. The van der Waals surface area contributed by atoms with Gasteiger partial charge in [0.1, 0.15) is 18.4 Å². The fourth-order valence-electron chi connectivity index (χ4n) is 4.46. The Balaban J connectivity index is 2.07. The van der Waals surface area contributed by atoms with Crippen LogP contribution in [-0.2, 0) is 32.6 Å². The van der Waals surface area contributed by atoms with E-state index in [4.69, 9.17) is 0 Å². The third kappa shape index (κ3) is 9.14. The lowest BCUT2D eigenvalue weighted by Gasteiger charge is -2.35. The molecule has 0 aliphatic heterocycles. The molecule has 0 spiro atoms. The number of amides is 2. The van der Waals surface area contributed by atoms with Crippen LogP contribution >= 0.6 is 0 Å². The third-order valence-corrected chi connectivity index (χ3v) is 7.74. The molecule has 0 aliphatic carbocycles. The summed E-state index contributed by atoms with van der Waals surface area (Å²) in [6.07, 6.45) is 1.19. The average Bonchev–Trinajstić information content (AvgIpc) is 2.89. The van der Waals surface area contributed by atoms with Crippen molar-refractivity contribution in [1.82, 2.24) is 10.2 Å². The maximum absolute atomic E-state index is 14.9. The topological polar surface area (TPSA) is 86.8 Å². The van der Waals surface area contributed by atoms with Crippen molar-refractivity contribution >= 4 is 27.5 Å². The number of hydrogen-bond acceptors (Lipinski definition) is 4. The maximum atomic E-state index is 14.9. The van der Waals surface area contributed by atoms with Gasteiger partial charge in [-0.15, -0.1) is 0 Å². The highest BCUT2D eigenvalue weighted by atomic mass is 32.2. The highest BCUT2D eigenvalue weighted by Crippen LogP contribution is 2.24. The molecule has 0 saturated carbocycles. The van der Waals surface area contributed by atoms with Gasteiger partial charge in [-0.1, -0.05) is 74.5 Å². The predicted molar refractivity (Wildman–Crippen MR) is 162 cm³/mol. The number of hydrogen-bond donors (Lipinski definition) is 1. The molecule has 1 atom stereocenters. The van der Waals surface area contributed by atoms with Crippen LogP contribution in [0.1, 0.15) is 57.2 Å². The number of carbonyl (C=O) groups excluding carboxylic acids is 2. The summed E-state index contributed by atoms with van der Waals surface area (Å²) in [4.78, 5) is 29.1. The van der Waals surface area contributed by atoms with E-state index in [1.807, 2.05) is 77.1 Å². The van der Waals surface area contributed by atoms with Crippen LogP contribution in [0.5, 0.6) is 0 Å². The second-order valence-corrected chi connectivity index (χ2v) is 13.5. The number of carbonyl (C=O) groups is 2. The van der Waals surface area contributed by atoms with E-state index >= 15 is 0 Å². The summed E-state index contributed by atoms with van der Waals surface area (Å²) >= 11 is 0. The molecule has 1 N–H and O–H groups in total. The van der Waals surface area contributed by atoms with Crippen molar-refractivity contribution in [1.29, 1.82) is 0 Å². The number of nitrogens with one attached hydrogen (secondary N) is 1. The lowest BCUT2D eigenvalue weighted by molar-refractivity contribution is -0.140. The number of nitrogens with zero attached hydrogens (tertiary/aromatic N) is 2. The van der Waals surface area contributed by atoms with Crippen molar-refractivity contribution in [2.24, 2.45) is 0 Å². The van der Waals surface area contributed by atoms with Crippen molar-refractivity contribution in [3.8, 4) is 0 Å². The maximum Gasteiger partial charge on any atom is 0.244 e. The van der Waals surface area contributed by atoms with Crippen LogP contribution in [0.25, 0.3) is 0 Å². The second-order valence-electron chi connectivity index (χ2n) is 11.6. The van der Waals surface area contributed by atoms with Gasteiger partial charge in [0.05, 0.1) is 11.9 Å². The molecule has 9 heteroatoms. The molecule has 1 unspecified atom stereocenters. The lowest BCUT2D eigenvalue weighted by atomic mass is 10.0. The van der Waals surface area contributed by atoms with Gasteiger partial charge in [0.2, 0.25) is 21.8 Å².